The summed E-state index contributed by atoms with van der Waals surface area (Å²) in [6, 6.07) is 83.0. The molecule has 10 aromatic carbocycles. The lowest BCUT2D eigenvalue weighted by molar-refractivity contribution is 0.669. The Kier molecular flexibility index (Phi) is 8.17. The lowest BCUT2D eigenvalue weighted by Gasteiger charge is -2.28. The maximum absolute atomic E-state index is 6.27. The van der Waals surface area contributed by atoms with Crippen molar-refractivity contribution in [2.45, 2.75) is 0 Å². The molecule has 12 aromatic rings. The van der Waals surface area contributed by atoms with Gasteiger partial charge in [-0.2, -0.15) is 0 Å². The van der Waals surface area contributed by atoms with Crippen molar-refractivity contribution in [2.24, 2.45) is 0 Å². The third-order valence-corrected chi connectivity index (χ3v) is 12.2. The highest BCUT2D eigenvalue weighted by atomic mass is 16.3. The molecule has 0 bridgehead atoms. The minimum Gasteiger partial charge on any atom is -0.456 e. The number of nitrogens with zero attached hydrogens (tertiary/aromatic N) is 2. The van der Waals surface area contributed by atoms with Crippen LogP contribution in [-0.2, 0) is 0 Å². The maximum Gasteiger partial charge on any atom is 0.136 e. The van der Waals surface area contributed by atoms with Crippen molar-refractivity contribution in [3.63, 3.8) is 0 Å². The van der Waals surface area contributed by atoms with Gasteiger partial charge in [-0.3, -0.25) is 0 Å². The smallest absolute Gasteiger partial charge is 0.136 e. The van der Waals surface area contributed by atoms with E-state index >= 15 is 0 Å². The third kappa shape index (κ3) is 5.90. The van der Waals surface area contributed by atoms with Crippen molar-refractivity contribution in [3.05, 3.63) is 231 Å². The van der Waals surface area contributed by atoms with Gasteiger partial charge in [-0.25, -0.2) is 0 Å². The van der Waals surface area contributed by atoms with E-state index in [2.05, 4.69) is 228 Å². The SMILES string of the molecule is c1cc(-c2ccc(N(c3ccc(-c4cccc5oc6ccccc6c45)cc3)c3ccccc3-c3ccc4ccccc4c3)cc2)cc(-n2c3ccccc3c3ccccc32)c1. The normalized spacial score (nSPS) is 11.6. The van der Waals surface area contributed by atoms with E-state index in [1.807, 2.05) is 12.1 Å². The van der Waals surface area contributed by atoms with Crippen LogP contribution in [0.2, 0.25) is 0 Å². The number of furan rings is 1. The van der Waals surface area contributed by atoms with Crippen LogP contribution in [0.5, 0.6) is 0 Å². The molecule has 0 unspecified atom stereocenters. The third-order valence-electron chi connectivity index (χ3n) is 12.2. The molecule has 0 atom stereocenters. The number of benzene rings is 10. The Morgan fingerprint density at radius 1 is 0.344 bits per heavy atom. The Labute approximate surface area is 353 Å². The molecule has 0 spiro atoms. The molecule has 0 radical (unpaired) electrons. The Hall–Kier alpha value is -8.14. The van der Waals surface area contributed by atoms with Crippen LogP contribution in [0.3, 0.4) is 0 Å². The molecule has 3 heteroatoms. The molecule has 0 N–H and O–H groups in total. The first-order chi connectivity index (χ1) is 30.2. The van der Waals surface area contributed by atoms with Crippen molar-refractivity contribution < 1.29 is 4.42 Å². The number of aromatic nitrogens is 1. The van der Waals surface area contributed by atoms with Gasteiger partial charge in [-0.05, 0) is 111 Å². The van der Waals surface area contributed by atoms with Gasteiger partial charge in [-0.1, -0.05) is 158 Å². The van der Waals surface area contributed by atoms with Gasteiger partial charge in [0.25, 0.3) is 0 Å². The van der Waals surface area contributed by atoms with Gasteiger partial charge in [0.2, 0.25) is 0 Å². The summed E-state index contributed by atoms with van der Waals surface area (Å²) in [4.78, 5) is 2.39. The first kappa shape index (κ1) is 34.9. The molecule has 0 aliphatic heterocycles. The van der Waals surface area contributed by atoms with Gasteiger partial charge in [0.15, 0.2) is 0 Å². The molecule has 0 aliphatic rings. The number of rotatable bonds is 7. The summed E-state index contributed by atoms with van der Waals surface area (Å²) in [7, 11) is 0. The highest BCUT2D eigenvalue weighted by Gasteiger charge is 2.19. The highest BCUT2D eigenvalue weighted by molar-refractivity contribution is 6.12. The van der Waals surface area contributed by atoms with Crippen LogP contribution in [0.25, 0.3) is 93.6 Å². The van der Waals surface area contributed by atoms with E-state index in [1.54, 1.807) is 0 Å². The van der Waals surface area contributed by atoms with E-state index in [9.17, 15) is 0 Å². The van der Waals surface area contributed by atoms with E-state index in [0.717, 1.165) is 66.9 Å². The minimum absolute atomic E-state index is 0.898. The summed E-state index contributed by atoms with van der Waals surface area (Å²) < 4.78 is 8.65. The van der Waals surface area contributed by atoms with E-state index in [4.69, 9.17) is 4.42 Å². The largest absolute Gasteiger partial charge is 0.456 e. The summed E-state index contributed by atoms with van der Waals surface area (Å²) in [5.41, 5.74) is 15.6. The van der Waals surface area contributed by atoms with Crippen molar-refractivity contribution in [3.8, 4) is 39.1 Å². The van der Waals surface area contributed by atoms with Crippen molar-refractivity contribution >= 4 is 71.6 Å². The standard InChI is InChI=1S/C58H38N2O/c1-2-14-42-37-44(28-27-39(42)13-1)48-17-3-7-22-53(48)59(46-35-31-41(32-36-46)49-21-12-26-57-58(49)52-20-6-10-25-56(52)61-57)45-33-29-40(30-34-45)43-15-11-16-47(38-43)60-54-23-8-4-18-50(54)51-19-5-9-24-55(51)60/h1-38H. The molecule has 0 saturated heterocycles. The van der Waals surface area contributed by atoms with E-state index in [-0.39, 0.29) is 0 Å². The lowest BCUT2D eigenvalue weighted by Crippen LogP contribution is -2.11. The van der Waals surface area contributed by atoms with Gasteiger partial charge in [-0.15, -0.1) is 0 Å². The van der Waals surface area contributed by atoms with Crippen molar-refractivity contribution in [2.75, 3.05) is 4.90 Å². The zero-order valence-electron chi connectivity index (χ0n) is 33.2. The molecule has 0 aliphatic carbocycles. The first-order valence-corrected chi connectivity index (χ1v) is 20.8. The molecule has 0 fully saturated rings. The first-order valence-electron chi connectivity index (χ1n) is 20.8. The maximum atomic E-state index is 6.27. The Morgan fingerprint density at radius 2 is 0.918 bits per heavy atom. The van der Waals surface area contributed by atoms with Gasteiger partial charge >= 0.3 is 0 Å². The molecule has 61 heavy (non-hydrogen) atoms. The second kappa shape index (κ2) is 14.3. The highest BCUT2D eigenvalue weighted by Crippen LogP contribution is 2.44. The van der Waals surface area contributed by atoms with Crippen LogP contribution >= 0.6 is 0 Å². The Morgan fingerprint density at radius 3 is 1.69 bits per heavy atom. The van der Waals surface area contributed by atoms with E-state index < -0.39 is 0 Å². The monoisotopic (exact) mass is 778 g/mol. The number of fused-ring (bicyclic) bond motifs is 7. The second-order valence-corrected chi connectivity index (χ2v) is 15.7. The topological polar surface area (TPSA) is 21.3 Å². The summed E-state index contributed by atoms with van der Waals surface area (Å²) in [5, 5.41) is 7.24. The van der Waals surface area contributed by atoms with Crippen LogP contribution in [-0.4, -0.2) is 4.57 Å². The second-order valence-electron chi connectivity index (χ2n) is 15.7. The van der Waals surface area contributed by atoms with Gasteiger partial charge in [0.1, 0.15) is 11.2 Å². The number of hydrogen-bond donors (Lipinski definition) is 0. The summed E-state index contributed by atoms with van der Waals surface area (Å²) in [5.74, 6) is 0. The van der Waals surface area contributed by atoms with Crippen LogP contribution < -0.4 is 4.90 Å². The number of hydrogen-bond acceptors (Lipinski definition) is 2. The molecule has 286 valence electrons. The predicted molar refractivity (Wildman–Crippen MR) is 257 cm³/mol. The molecule has 2 heterocycles. The van der Waals surface area contributed by atoms with Crippen molar-refractivity contribution in [1.29, 1.82) is 0 Å². The average molecular weight is 779 g/mol. The van der Waals surface area contributed by atoms with Gasteiger partial charge in [0.05, 0.1) is 16.7 Å². The molecule has 0 amide bonds. The zero-order chi connectivity index (χ0) is 40.3. The summed E-state index contributed by atoms with van der Waals surface area (Å²) in [6.45, 7) is 0. The molecule has 12 rings (SSSR count). The van der Waals surface area contributed by atoms with Crippen LogP contribution in [0.15, 0.2) is 235 Å². The van der Waals surface area contributed by atoms with Crippen molar-refractivity contribution in [1.82, 2.24) is 4.57 Å². The summed E-state index contributed by atoms with van der Waals surface area (Å²) in [6.07, 6.45) is 0. The van der Waals surface area contributed by atoms with Crippen LogP contribution in [0.1, 0.15) is 0 Å². The molecule has 3 nitrogen and oxygen atoms in total. The van der Waals surface area contributed by atoms with E-state index in [0.29, 0.717) is 0 Å². The number of para-hydroxylation sites is 4. The average Bonchev–Trinajstić information content (AvgIpc) is 3.88. The predicted octanol–water partition coefficient (Wildman–Crippen LogP) is 16.3. The fourth-order valence-electron chi connectivity index (χ4n) is 9.33. The molecule has 0 saturated carbocycles. The minimum atomic E-state index is 0.898. The fraction of sp³-hybridized carbons (Fsp3) is 0. The Balaban J connectivity index is 0.973. The molecular weight excluding hydrogens is 741 g/mol. The van der Waals surface area contributed by atoms with Gasteiger partial charge < -0.3 is 13.9 Å². The van der Waals surface area contributed by atoms with E-state index in [1.165, 1.54) is 43.7 Å². The fourth-order valence-corrected chi connectivity index (χ4v) is 9.33. The van der Waals surface area contributed by atoms with Crippen LogP contribution in [0, 0.1) is 0 Å². The summed E-state index contributed by atoms with van der Waals surface area (Å²) >= 11 is 0. The lowest BCUT2D eigenvalue weighted by atomic mass is 9.97. The zero-order valence-corrected chi connectivity index (χ0v) is 33.2. The molecule has 2 aromatic heterocycles. The number of anilines is 3. The van der Waals surface area contributed by atoms with Gasteiger partial charge in [0, 0.05) is 44.2 Å². The quantitative estimate of drug-likeness (QED) is 0.161. The molecular formula is C58H38N2O. The Bertz CT molecular complexity index is 3540. The van der Waals surface area contributed by atoms with Crippen LogP contribution in [0.4, 0.5) is 17.1 Å².